The normalized spacial score (nSPS) is 12.0. The zero-order valence-electron chi connectivity index (χ0n) is 11.9. The fourth-order valence-corrected chi connectivity index (χ4v) is 2.41. The van der Waals surface area contributed by atoms with Crippen molar-refractivity contribution in [1.82, 2.24) is 5.32 Å². The van der Waals surface area contributed by atoms with Crippen molar-refractivity contribution in [3.63, 3.8) is 0 Å². The Bertz CT molecular complexity index is 427. The van der Waals surface area contributed by atoms with Gasteiger partial charge < -0.3 is 9.73 Å². The van der Waals surface area contributed by atoms with Crippen molar-refractivity contribution in [3.8, 4) is 0 Å². The van der Waals surface area contributed by atoms with Gasteiger partial charge in [0.2, 0.25) is 5.91 Å². The smallest absolute Gasteiger partial charge is 0.244 e. The highest BCUT2D eigenvalue weighted by molar-refractivity contribution is 9.10. The number of rotatable bonds is 6. The van der Waals surface area contributed by atoms with E-state index in [1.807, 2.05) is 0 Å². The summed E-state index contributed by atoms with van der Waals surface area (Å²) >= 11 is 3.22. The Labute approximate surface area is 123 Å². The zero-order valence-corrected chi connectivity index (χ0v) is 13.5. The summed E-state index contributed by atoms with van der Waals surface area (Å²) in [4.78, 5) is 11.7. The molecule has 1 N–H and O–H groups in total. The summed E-state index contributed by atoms with van der Waals surface area (Å²) in [7, 11) is 0. The van der Waals surface area contributed by atoms with E-state index < -0.39 is 0 Å². The molecule has 0 aliphatic rings. The lowest BCUT2D eigenvalue weighted by Gasteiger charge is -2.24. The van der Waals surface area contributed by atoms with Crippen LogP contribution in [0.3, 0.4) is 0 Å². The molecule has 0 spiro atoms. The lowest BCUT2D eigenvalue weighted by atomic mass is 9.85. The number of hydrogen-bond acceptors (Lipinski definition) is 2. The second-order valence-corrected chi connectivity index (χ2v) is 6.15. The molecular formula is C15H22BrNO2. The van der Waals surface area contributed by atoms with Crippen molar-refractivity contribution >= 4 is 27.9 Å². The maximum absolute atomic E-state index is 11.7. The molecule has 0 bridgehead atoms. The lowest BCUT2D eigenvalue weighted by molar-refractivity contribution is -0.116. The highest BCUT2D eigenvalue weighted by Gasteiger charge is 2.17. The standard InChI is InChI=1S/C15H22BrNO2/c1-10(2)13(11(3)4)9-17-15(18)8-6-12-5-7-14(16)19-12/h5-8,10-11,13H,9H2,1-4H3,(H,17,18)/b8-6+. The number of carbonyl (C=O) groups is 1. The molecule has 0 unspecified atom stereocenters. The van der Waals surface area contributed by atoms with E-state index in [0.29, 0.717) is 34.7 Å². The van der Waals surface area contributed by atoms with Gasteiger partial charge >= 0.3 is 0 Å². The molecule has 0 saturated heterocycles. The second-order valence-electron chi connectivity index (χ2n) is 5.37. The summed E-state index contributed by atoms with van der Waals surface area (Å²) in [6.45, 7) is 9.46. The van der Waals surface area contributed by atoms with Gasteiger partial charge in [0.1, 0.15) is 5.76 Å². The Morgan fingerprint density at radius 1 is 1.32 bits per heavy atom. The maximum atomic E-state index is 11.7. The predicted octanol–water partition coefficient (Wildman–Crippen LogP) is 4.10. The van der Waals surface area contributed by atoms with Crippen LogP contribution in [0, 0.1) is 17.8 Å². The number of nitrogens with one attached hydrogen (secondary N) is 1. The van der Waals surface area contributed by atoms with Crippen molar-refractivity contribution in [2.24, 2.45) is 17.8 Å². The first kappa shape index (κ1) is 16.0. The van der Waals surface area contributed by atoms with E-state index in [1.54, 1.807) is 18.2 Å². The highest BCUT2D eigenvalue weighted by atomic mass is 79.9. The molecule has 1 heterocycles. The number of carbonyl (C=O) groups excluding carboxylic acids is 1. The minimum atomic E-state index is -0.0844. The Morgan fingerprint density at radius 2 is 1.95 bits per heavy atom. The number of halogens is 1. The van der Waals surface area contributed by atoms with E-state index in [0.717, 1.165) is 0 Å². The minimum Gasteiger partial charge on any atom is -0.450 e. The van der Waals surface area contributed by atoms with Crippen LogP contribution in [-0.4, -0.2) is 12.5 Å². The van der Waals surface area contributed by atoms with Crippen LogP contribution in [0.5, 0.6) is 0 Å². The second kappa shape index (κ2) is 7.53. The van der Waals surface area contributed by atoms with Gasteiger partial charge in [0.15, 0.2) is 4.67 Å². The monoisotopic (exact) mass is 327 g/mol. The van der Waals surface area contributed by atoms with E-state index in [9.17, 15) is 4.79 Å². The fraction of sp³-hybridized carbons (Fsp3) is 0.533. The van der Waals surface area contributed by atoms with Gasteiger partial charge in [-0.25, -0.2) is 0 Å². The van der Waals surface area contributed by atoms with Gasteiger partial charge in [-0.2, -0.15) is 0 Å². The van der Waals surface area contributed by atoms with Gasteiger partial charge in [0, 0.05) is 12.6 Å². The first-order valence-electron chi connectivity index (χ1n) is 6.61. The van der Waals surface area contributed by atoms with Crippen LogP contribution in [0.25, 0.3) is 6.08 Å². The van der Waals surface area contributed by atoms with Crippen LogP contribution in [0.1, 0.15) is 33.5 Å². The summed E-state index contributed by atoms with van der Waals surface area (Å²) in [5.41, 5.74) is 0. The molecule has 0 aliphatic carbocycles. The maximum Gasteiger partial charge on any atom is 0.244 e. The van der Waals surface area contributed by atoms with Gasteiger partial charge in [-0.15, -0.1) is 0 Å². The number of furan rings is 1. The first-order valence-corrected chi connectivity index (χ1v) is 7.40. The molecule has 1 aromatic rings. The van der Waals surface area contributed by atoms with Crippen LogP contribution in [-0.2, 0) is 4.79 Å². The SMILES string of the molecule is CC(C)C(CNC(=O)/C=C/c1ccc(Br)o1)C(C)C. The van der Waals surface area contributed by atoms with Crippen molar-refractivity contribution < 1.29 is 9.21 Å². The third-order valence-corrected chi connectivity index (χ3v) is 3.64. The van der Waals surface area contributed by atoms with Crippen LogP contribution in [0.4, 0.5) is 0 Å². The molecule has 1 aromatic heterocycles. The Morgan fingerprint density at radius 3 is 2.42 bits per heavy atom. The average Bonchev–Trinajstić information content (AvgIpc) is 2.71. The molecule has 0 aliphatic heterocycles. The van der Waals surface area contributed by atoms with Crippen LogP contribution < -0.4 is 5.32 Å². The Balaban J connectivity index is 2.45. The molecule has 0 saturated carbocycles. The van der Waals surface area contributed by atoms with E-state index in [-0.39, 0.29) is 5.91 Å². The molecule has 0 aromatic carbocycles. The van der Waals surface area contributed by atoms with Crippen molar-refractivity contribution in [2.45, 2.75) is 27.7 Å². The molecular weight excluding hydrogens is 306 g/mol. The molecule has 19 heavy (non-hydrogen) atoms. The highest BCUT2D eigenvalue weighted by Crippen LogP contribution is 2.19. The van der Waals surface area contributed by atoms with Crippen molar-refractivity contribution in [1.29, 1.82) is 0 Å². The van der Waals surface area contributed by atoms with Crippen LogP contribution in [0.2, 0.25) is 0 Å². The molecule has 1 rings (SSSR count). The van der Waals surface area contributed by atoms with Crippen LogP contribution in [0.15, 0.2) is 27.3 Å². The summed E-state index contributed by atoms with van der Waals surface area (Å²) in [5.74, 6) is 2.19. The van der Waals surface area contributed by atoms with Gasteiger partial charge in [-0.1, -0.05) is 27.7 Å². The number of amides is 1. The topological polar surface area (TPSA) is 42.2 Å². The summed E-state index contributed by atoms with van der Waals surface area (Å²) in [6, 6.07) is 3.60. The molecule has 0 fully saturated rings. The first-order chi connectivity index (χ1) is 8.90. The number of hydrogen-bond donors (Lipinski definition) is 1. The van der Waals surface area contributed by atoms with Gasteiger partial charge in [-0.3, -0.25) is 4.79 Å². The Hall–Kier alpha value is -1.03. The lowest BCUT2D eigenvalue weighted by Crippen LogP contribution is -2.32. The van der Waals surface area contributed by atoms with E-state index in [4.69, 9.17) is 4.42 Å². The largest absolute Gasteiger partial charge is 0.450 e. The van der Waals surface area contributed by atoms with Crippen LogP contribution >= 0.6 is 15.9 Å². The molecule has 1 amide bonds. The quantitative estimate of drug-likeness (QED) is 0.799. The summed E-state index contributed by atoms with van der Waals surface area (Å²) in [6.07, 6.45) is 3.17. The van der Waals surface area contributed by atoms with Crippen molar-refractivity contribution in [2.75, 3.05) is 6.54 Å². The summed E-state index contributed by atoms with van der Waals surface area (Å²) < 4.78 is 5.95. The minimum absolute atomic E-state index is 0.0844. The summed E-state index contributed by atoms with van der Waals surface area (Å²) in [5, 5.41) is 2.94. The molecule has 0 atom stereocenters. The third-order valence-electron chi connectivity index (χ3n) is 3.22. The van der Waals surface area contributed by atoms with Crippen molar-refractivity contribution in [3.05, 3.63) is 28.6 Å². The zero-order chi connectivity index (χ0) is 14.4. The van der Waals surface area contributed by atoms with Gasteiger partial charge in [0.25, 0.3) is 0 Å². The molecule has 3 nitrogen and oxygen atoms in total. The average molecular weight is 328 g/mol. The van der Waals surface area contributed by atoms with Gasteiger partial charge in [-0.05, 0) is 51.9 Å². The van der Waals surface area contributed by atoms with E-state index in [2.05, 4.69) is 48.9 Å². The molecule has 4 heteroatoms. The van der Waals surface area contributed by atoms with Gasteiger partial charge in [0.05, 0.1) is 0 Å². The van der Waals surface area contributed by atoms with E-state index in [1.165, 1.54) is 6.08 Å². The predicted molar refractivity (Wildman–Crippen MR) is 81.6 cm³/mol. The van der Waals surface area contributed by atoms with E-state index >= 15 is 0 Å². The third kappa shape index (κ3) is 5.64. The Kier molecular flexibility index (Phi) is 6.35. The molecule has 0 radical (unpaired) electrons. The fourth-order valence-electron chi connectivity index (χ4n) is 2.09. The molecule has 106 valence electrons.